The third-order valence-corrected chi connectivity index (χ3v) is 2.82. The quantitative estimate of drug-likeness (QED) is 0.598. The standard InChI is InChI=1S/C16H17NO3/c1-12-7-8-17-14(11-12)16(18)13-5-3-4-6-15(13)20-10-9-19-2/h3-8,11H,9-10H2,1-2H3. The first-order valence-corrected chi connectivity index (χ1v) is 6.40. The molecule has 20 heavy (non-hydrogen) atoms. The first-order chi connectivity index (χ1) is 9.72. The SMILES string of the molecule is COCCOc1ccccc1C(=O)c1cc(C)ccn1. The number of carbonyl (C=O) groups is 1. The molecule has 0 saturated carbocycles. The number of methoxy groups -OCH3 is 1. The molecule has 4 heteroatoms. The summed E-state index contributed by atoms with van der Waals surface area (Å²) in [4.78, 5) is 16.6. The van der Waals surface area contributed by atoms with E-state index in [-0.39, 0.29) is 5.78 Å². The summed E-state index contributed by atoms with van der Waals surface area (Å²) < 4.78 is 10.5. The molecule has 1 heterocycles. The van der Waals surface area contributed by atoms with Crippen LogP contribution in [0, 0.1) is 6.92 Å². The number of ether oxygens (including phenoxy) is 2. The Morgan fingerprint density at radius 3 is 2.75 bits per heavy atom. The fourth-order valence-corrected chi connectivity index (χ4v) is 1.81. The number of carbonyl (C=O) groups excluding carboxylic acids is 1. The minimum atomic E-state index is -0.137. The van der Waals surface area contributed by atoms with Gasteiger partial charge in [-0.3, -0.25) is 9.78 Å². The maximum atomic E-state index is 12.5. The molecule has 0 saturated heterocycles. The van der Waals surface area contributed by atoms with Crippen LogP contribution in [0.15, 0.2) is 42.6 Å². The fraction of sp³-hybridized carbons (Fsp3) is 0.250. The Bertz CT molecular complexity index is 596. The van der Waals surface area contributed by atoms with E-state index in [9.17, 15) is 4.79 Å². The Kier molecular flexibility index (Phi) is 4.85. The summed E-state index contributed by atoms with van der Waals surface area (Å²) >= 11 is 0. The monoisotopic (exact) mass is 271 g/mol. The average molecular weight is 271 g/mol. The van der Waals surface area contributed by atoms with Crippen LogP contribution in [0.3, 0.4) is 0 Å². The summed E-state index contributed by atoms with van der Waals surface area (Å²) in [6, 6.07) is 10.8. The number of benzene rings is 1. The number of hydrogen-bond acceptors (Lipinski definition) is 4. The van der Waals surface area contributed by atoms with Gasteiger partial charge in [-0.15, -0.1) is 0 Å². The molecule has 0 atom stereocenters. The summed E-state index contributed by atoms with van der Waals surface area (Å²) in [7, 11) is 1.61. The second-order valence-electron chi connectivity index (χ2n) is 4.38. The van der Waals surface area contributed by atoms with E-state index in [4.69, 9.17) is 9.47 Å². The van der Waals surface area contributed by atoms with Crippen molar-refractivity contribution in [2.24, 2.45) is 0 Å². The van der Waals surface area contributed by atoms with Gasteiger partial charge in [0.1, 0.15) is 18.1 Å². The Morgan fingerprint density at radius 2 is 2.00 bits per heavy atom. The first-order valence-electron chi connectivity index (χ1n) is 6.40. The highest BCUT2D eigenvalue weighted by molar-refractivity contribution is 6.09. The maximum Gasteiger partial charge on any atom is 0.215 e. The molecule has 0 unspecified atom stereocenters. The van der Waals surface area contributed by atoms with Gasteiger partial charge in [0.2, 0.25) is 5.78 Å². The molecule has 0 aliphatic heterocycles. The van der Waals surface area contributed by atoms with Crippen molar-refractivity contribution in [1.29, 1.82) is 0 Å². The summed E-state index contributed by atoms with van der Waals surface area (Å²) in [6.45, 7) is 2.81. The van der Waals surface area contributed by atoms with Crippen LogP contribution in [0.4, 0.5) is 0 Å². The van der Waals surface area contributed by atoms with Crippen LogP contribution in [0.5, 0.6) is 5.75 Å². The fourth-order valence-electron chi connectivity index (χ4n) is 1.81. The zero-order valence-electron chi connectivity index (χ0n) is 11.6. The molecular formula is C16H17NO3. The number of nitrogens with zero attached hydrogens (tertiary/aromatic N) is 1. The average Bonchev–Trinajstić information content (AvgIpc) is 2.47. The number of aryl methyl sites for hydroxylation is 1. The predicted molar refractivity (Wildman–Crippen MR) is 76.2 cm³/mol. The van der Waals surface area contributed by atoms with Crippen molar-refractivity contribution in [2.45, 2.75) is 6.92 Å². The number of hydrogen-bond donors (Lipinski definition) is 0. The molecule has 0 radical (unpaired) electrons. The second kappa shape index (κ2) is 6.82. The van der Waals surface area contributed by atoms with E-state index in [0.717, 1.165) is 5.56 Å². The van der Waals surface area contributed by atoms with Crippen molar-refractivity contribution in [3.63, 3.8) is 0 Å². The number of ketones is 1. The number of pyridine rings is 1. The highest BCUT2D eigenvalue weighted by atomic mass is 16.5. The van der Waals surface area contributed by atoms with Gasteiger partial charge in [-0.05, 0) is 36.8 Å². The summed E-state index contributed by atoms with van der Waals surface area (Å²) in [5.41, 5.74) is 1.94. The van der Waals surface area contributed by atoms with E-state index in [2.05, 4.69) is 4.98 Å². The largest absolute Gasteiger partial charge is 0.490 e. The molecule has 0 aliphatic rings. The minimum Gasteiger partial charge on any atom is -0.490 e. The van der Waals surface area contributed by atoms with Gasteiger partial charge < -0.3 is 9.47 Å². The van der Waals surface area contributed by atoms with E-state index in [1.54, 1.807) is 31.5 Å². The van der Waals surface area contributed by atoms with Gasteiger partial charge in [-0.1, -0.05) is 12.1 Å². The van der Waals surface area contributed by atoms with Gasteiger partial charge >= 0.3 is 0 Å². The lowest BCUT2D eigenvalue weighted by atomic mass is 10.1. The normalized spacial score (nSPS) is 10.3. The number of aromatic nitrogens is 1. The van der Waals surface area contributed by atoms with Crippen LogP contribution >= 0.6 is 0 Å². The molecule has 1 aromatic carbocycles. The van der Waals surface area contributed by atoms with E-state index in [1.807, 2.05) is 25.1 Å². The molecule has 4 nitrogen and oxygen atoms in total. The molecule has 0 bridgehead atoms. The highest BCUT2D eigenvalue weighted by Crippen LogP contribution is 2.21. The minimum absolute atomic E-state index is 0.137. The topological polar surface area (TPSA) is 48.4 Å². The molecule has 2 rings (SSSR count). The van der Waals surface area contributed by atoms with Crippen LogP contribution in [-0.4, -0.2) is 31.1 Å². The van der Waals surface area contributed by atoms with Crippen LogP contribution in [0.25, 0.3) is 0 Å². The van der Waals surface area contributed by atoms with Crippen molar-refractivity contribution in [2.75, 3.05) is 20.3 Å². The van der Waals surface area contributed by atoms with Crippen LogP contribution in [-0.2, 0) is 4.74 Å². The maximum absolute atomic E-state index is 12.5. The van der Waals surface area contributed by atoms with E-state index in [0.29, 0.717) is 30.2 Å². The molecule has 104 valence electrons. The molecule has 0 spiro atoms. The first kappa shape index (κ1) is 14.2. The third-order valence-electron chi connectivity index (χ3n) is 2.82. The van der Waals surface area contributed by atoms with Crippen molar-refractivity contribution < 1.29 is 14.3 Å². The smallest absolute Gasteiger partial charge is 0.215 e. The third kappa shape index (κ3) is 3.42. The molecule has 2 aromatic rings. The second-order valence-corrected chi connectivity index (χ2v) is 4.38. The Hall–Kier alpha value is -2.20. The molecule has 0 N–H and O–H groups in total. The van der Waals surface area contributed by atoms with Crippen molar-refractivity contribution >= 4 is 5.78 Å². The van der Waals surface area contributed by atoms with Gasteiger partial charge in [0, 0.05) is 13.3 Å². The van der Waals surface area contributed by atoms with Crippen LogP contribution in [0.2, 0.25) is 0 Å². The van der Waals surface area contributed by atoms with E-state index in [1.165, 1.54) is 0 Å². The molecule has 0 aliphatic carbocycles. The zero-order chi connectivity index (χ0) is 14.4. The van der Waals surface area contributed by atoms with E-state index >= 15 is 0 Å². The number of para-hydroxylation sites is 1. The molecule has 0 amide bonds. The Morgan fingerprint density at radius 1 is 1.20 bits per heavy atom. The van der Waals surface area contributed by atoms with Crippen molar-refractivity contribution in [1.82, 2.24) is 4.98 Å². The lowest BCUT2D eigenvalue weighted by molar-refractivity contribution is 0.102. The Balaban J connectivity index is 2.25. The molecule has 1 aromatic heterocycles. The van der Waals surface area contributed by atoms with Crippen molar-refractivity contribution in [3.05, 3.63) is 59.4 Å². The summed E-state index contributed by atoms with van der Waals surface area (Å²) in [5, 5.41) is 0. The van der Waals surface area contributed by atoms with Crippen LogP contribution in [0.1, 0.15) is 21.6 Å². The number of rotatable bonds is 6. The van der Waals surface area contributed by atoms with E-state index < -0.39 is 0 Å². The van der Waals surface area contributed by atoms with Gasteiger partial charge in [-0.2, -0.15) is 0 Å². The highest BCUT2D eigenvalue weighted by Gasteiger charge is 2.15. The zero-order valence-corrected chi connectivity index (χ0v) is 11.6. The molecular weight excluding hydrogens is 254 g/mol. The summed E-state index contributed by atoms with van der Waals surface area (Å²) in [6.07, 6.45) is 1.64. The van der Waals surface area contributed by atoms with Gasteiger partial charge in [0.15, 0.2) is 0 Å². The van der Waals surface area contributed by atoms with Gasteiger partial charge in [0.25, 0.3) is 0 Å². The Labute approximate surface area is 118 Å². The van der Waals surface area contributed by atoms with Crippen LogP contribution < -0.4 is 4.74 Å². The summed E-state index contributed by atoms with van der Waals surface area (Å²) in [5.74, 6) is 0.416. The van der Waals surface area contributed by atoms with Crippen molar-refractivity contribution in [3.8, 4) is 5.75 Å². The van der Waals surface area contributed by atoms with Gasteiger partial charge in [-0.25, -0.2) is 0 Å². The van der Waals surface area contributed by atoms with Gasteiger partial charge in [0.05, 0.1) is 12.2 Å². The lowest BCUT2D eigenvalue weighted by Crippen LogP contribution is -2.10. The molecule has 0 fully saturated rings. The lowest BCUT2D eigenvalue weighted by Gasteiger charge is -2.10. The predicted octanol–water partition coefficient (Wildman–Crippen LogP) is 2.65.